The van der Waals surface area contributed by atoms with Gasteiger partial charge in [0.05, 0.1) is 16.8 Å². The van der Waals surface area contributed by atoms with Gasteiger partial charge < -0.3 is 28.9 Å². The van der Waals surface area contributed by atoms with Crippen molar-refractivity contribution in [1.82, 2.24) is 24.6 Å². The number of benzene rings is 3. The zero-order chi connectivity index (χ0) is 40.3. The van der Waals surface area contributed by atoms with Gasteiger partial charge in [-0.25, -0.2) is 9.18 Å². The summed E-state index contributed by atoms with van der Waals surface area (Å²) in [6.45, 7) is 13.0. The molecule has 3 aliphatic heterocycles. The lowest BCUT2D eigenvalue weighted by Gasteiger charge is -2.47. The van der Waals surface area contributed by atoms with Gasteiger partial charge >= 0.3 is 6.09 Å². The van der Waals surface area contributed by atoms with E-state index in [4.69, 9.17) is 24.3 Å². The highest BCUT2D eigenvalue weighted by Crippen LogP contribution is 2.42. The van der Waals surface area contributed by atoms with Crippen LogP contribution in [0.5, 0.6) is 11.8 Å². The van der Waals surface area contributed by atoms with Crippen molar-refractivity contribution in [2.45, 2.75) is 78.1 Å². The van der Waals surface area contributed by atoms with E-state index in [9.17, 15) is 4.79 Å². The molecule has 5 aromatic rings. The number of likely N-dealkylation sites (tertiary alicyclic amines) is 2. The molecule has 0 aliphatic carbocycles. The van der Waals surface area contributed by atoms with E-state index in [1.54, 1.807) is 6.07 Å². The molecule has 0 bridgehead atoms. The number of fused-ring (bicyclic) bond motifs is 1. The number of carbonyl (C=O) groups excluding carboxylic acids is 1. The molecule has 10 nitrogen and oxygen atoms in total. The Hall–Kier alpha value is -5.16. The van der Waals surface area contributed by atoms with Gasteiger partial charge in [0.15, 0.2) is 0 Å². The molecular formula is C47H57FN6O4. The predicted molar refractivity (Wildman–Crippen MR) is 226 cm³/mol. The van der Waals surface area contributed by atoms with Gasteiger partial charge in [0.1, 0.15) is 30.3 Å². The maximum absolute atomic E-state index is 16.2. The summed E-state index contributed by atoms with van der Waals surface area (Å²) in [7, 11) is 1.90. The van der Waals surface area contributed by atoms with Crippen LogP contribution in [0.4, 0.5) is 14.9 Å². The average Bonchev–Trinajstić information content (AvgIpc) is 3.54. The number of carbonyl (C=O) groups is 1. The van der Waals surface area contributed by atoms with Crippen molar-refractivity contribution >= 4 is 22.7 Å². The number of piperidine rings is 3. The molecule has 0 N–H and O–H groups in total. The fraction of sp³-hybridized carbons (Fsp3) is 0.468. The summed E-state index contributed by atoms with van der Waals surface area (Å²) in [5, 5.41) is 5.61. The molecule has 306 valence electrons. The Morgan fingerprint density at radius 3 is 2.07 bits per heavy atom. The quantitative estimate of drug-likeness (QED) is 0.139. The number of rotatable bonds is 10. The molecular weight excluding hydrogens is 732 g/mol. The number of anilines is 1. The largest absolute Gasteiger partial charge is 0.473 e. The van der Waals surface area contributed by atoms with Gasteiger partial charge in [-0.1, -0.05) is 60.7 Å². The van der Waals surface area contributed by atoms with Crippen LogP contribution in [0.2, 0.25) is 0 Å². The Bertz CT molecular complexity index is 2160. The summed E-state index contributed by atoms with van der Waals surface area (Å²) in [5.74, 6) is 1.17. The summed E-state index contributed by atoms with van der Waals surface area (Å²) in [5.41, 5.74) is 4.70. The normalized spacial score (nSPS) is 17.8. The third kappa shape index (κ3) is 9.25. The molecule has 0 unspecified atom stereocenters. The van der Waals surface area contributed by atoms with Crippen molar-refractivity contribution in [3.05, 3.63) is 102 Å². The lowest BCUT2D eigenvalue weighted by Crippen LogP contribution is -2.50. The molecule has 1 amide bonds. The summed E-state index contributed by atoms with van der Waals surface area (Å²) < 4.78 is 36.1. The molecule has 0 saturated carbocycles. The lowest BCUT2D eigenvalue weighted by molar-refractivity contribution is -0.00397. The predicted octanol–water partition coefficient (Wildman–Crippen LogP) is 9.26. The van der Waals surface area contributed by atoms with Crippen molar-refractivity contribution in [2.24, 2.45) is 18.4 Å². The molecule has 8 rings (SSSR count). The summed E-state index contributed by atoms with van der Waals surface area (Å²) in [6, 6.07) is 27.2. The second-order valence-corrected chi connectivity index (χ2v) is 17.5. The minimum atomic E-state index is -0.463. The van der Waals surface area contributed by atoms with Crippen molar-refractivity contribution in [2.75, 3.05) is 50.7 Å². The first-order chi connectivity index (χ1) is 28.0. The average molecular weight is 789 g/mol. The van der Waals surface area contributed by atoms with Crippen LogP contribution in [0.3, 0.4) is 0 Å². The number of amides is 1. The molecule has 5 heterocycles. The Morgan fingerprint density at radius 2 is 1.43 bits per heavy atom. The molecule has 0 atom stereocenters. The lowest BCUT2D eigenvalue weighted by atomic mass is 9.71. The summed E-state index contributed by atoms with van der Waals surface area (Å²) >= 11 is 0. The second kappa shape index (κ2) is 17.0. The topological polar surface area (TPSA) is 85.2 Å². The fourth-order valence-corrected chi connectivity index (χ4v) is 8.88. The molecule has 58 heavy (non-hydrogen) atoms. The Labute approximate surface area is 341 Å². The third-order valence-corrected chi connectivity index (χ3v) is 12.3. The van der Waals surface area contributed by atoms with E-state index in [1.165, 1.54) is 12.8 Å². The van der Waals surface area contributed by atoms with Crippen LogP contribution in [-0.4, -0.2) is 82.1 Å². The van der Waals surface area contributed by atoms with Crippen LogP contribution in [0.1, 0.15) is 70.4 Å². The maximum atomic E-state index is 16.2. The number of hydrogen-bond acceptors (Lipinski definition) is 8. The SMILES string of the molecule is Cn1nc(-c2ccc(OCc3ccccc3)nc2OCc2ccccc2)c2cc(F)c(N3CCC(CN4CCC5(CC4)CCN(C(=O)OC(C)(C)C)CC5)CC3)cc21. The number of halogens is 1. The molecule has 3 saturated heterocycles. The summed E-state index contributed by atoms with van der Waals surface area (Å²) in [4.78, 5) is 24.1. The number of hydrogen-bond donors (Lipinski definition) is 0. The summed E-state index contributed by atoms with van der Waals surface area (Å²) in [6.07, 6.45) is 6.38. The smallest absolute Gasteiger partial charge is 0.410 e. The maximum Gasteiger partial charge on any atom is 0.410 e. The van der Waals surface area contributed by atoms with Crippen molar-refractivity contribution in [1.29, 1.82) is 0 Å². The van der Waals surface area contributed by atoms with Crippen molar-refractivity contribution < 1.29 is 23.4 Å². The Kier molecular flexibility index (Phi) is 11.6. The minimum Gasteiger partial charge on any atom is -0.473 e. The molecule has 0 radical (unpaired) electrons. The highest BCUT2D eigenvalue weighted by atomic mass is 19.1. The van der Waals surface area contributed by atoms with E-state index in [0.717, 1.165) is 88.1 Å². The first kappa shape index (κ1) is 39.7. The monoisotopic (exact) mass is 788 g/mol. The fourth-order valence-electron chi connectivity index (χ4n) is 8.88. The van der Waals surface area contributed by atoms with Crippen LogP contribution >= 0.6 is 0 Å². The van der Waals surface area contributed by atoms with Gasteiger partial charge in [-0.05, 0) is 113 Å². The van der Waals surface area contributed by atoms with Crippen molar-refractivity contribution in [3.63, 3.8) is 0 Å². The highest BCUT2D eigenvalue weighted by molar-refractivity contribution is 5.96. The van der Waals surface area contributed by atoms with Gasteiger partial charge in [-0.15, -0.1) is 0 Å². The van der Waals surface area contributed by atoms with Gasteiger partial charge in [0.25, 0.3) is 0 Å². The van der Waals surface area contributed by atoms with Crippen LogP contribution < -0.4 is 14.4 Å². The third-order valence-electron chi connectivity index (χ3n) is 12.3. The second-order valence-electron chi connectivity index (χ2n) is 17.5. The van der Waals surface area contributed by atoms with Gasteiger partial charge in [0.2, 0.25) is 11.8 Å². The molecule has 1 spiro atoms. The Morgan fingerprint density at radius 1 is 0.810 bits per heavy atom. The van der Waals surface area contributed by atoms with E-state index in [-0.39, 0.29) is 11.9 Å². The van der Waals surface area contributed by atoms with Crippen LogP contribution in [0.25, 0.3) is 22.2 Å². The van der Waals surface area contributed by atoms with Crippen molar-refractivity contribution in [3.8, 4) is 23.0 Å². The molecule has 3 fully saturated rings. The number of aromatic nitrogens is 3. The molecule has 2 aromatic heterocycles. The standard InChI is InChI=1S/C47H57FN6O4/c1-46(2,3)58-45(55)54-27-21-47(22-28-54)19-25-52(26-20-47)31-34-17-23-53(24-18-34)41-30-40-38(29-39(41)48)43(50-51(40)4)37-15-16-42(56-32-35-11-7-5-8-12-35)49-44(37)57-33-36-13-9-6-10-14-36/h5-16,29-30,34H,17-28,31-33H2,1-4H3. The first-order valence-electron chi connectivity index (χ1n) is 21.0. The van der Waals surface area contributed by atoms with E-state index in [0.29, 0.717) is 58.6 Å². The Balaban J connectivity index is 0.902. The molecule has 3 aromatic carbocycles. The number of pyridine rings is 1. The van der Waals surface area contributed by atoms with E-state index in [2.05, 4.69) is 9.80 Å². The number of aryl methyl sites for hydroxylation is 1. The van der Waals surface area contributed by atoms with E-state index >= 15 is 4.39 Å². The first-order valence-corrected chi connectivity index (χ1v) is 21.0. The van der Waals surface area contributed by atoms with Crippen LogP contribution in [0, 0.1) is 17.2 Å². The highest BCUT2D eigenvalue weighted by Gasteiger charge is 2.40. The zero-order valence-corrected chi connectivity index (χ0v) is 34.5. The molecule has 3 aliphatic rings. The number of ether oxygens (including phenoxy) is 3. The molecule has 11 heteroatoms. The van der Waals surface area contributed by atoms with Gasteiger partial charge in [-0.3, -0.25) is 4.68 Å². The van der Waals surface area contributed by atoms with E-state index < -0.39 is 5.60 Å². The van der Waals surface area contributed by atoms with E-state index in [1.807, 2.05) is 116 Å². The van der Waals surface area contributed by atoms with Crippen LogP contribution in [0.15, 0.2) is 84.9 Å². The zero-order valence-electron chi connectivity index (χ0n) is 34.5. The van der Waals surface area contributed by atoms with Gasteiger partial charge in [0, 0.05) is 51.2 Å². The van der Waals surface area contributed by atoms with Crippen LogP contribution in [-0.2, 0) is 25.0 Å². The number of nitrogens with zero attached hydrogens (tertiary/aromatic N) is 6. The minimum absolute atomic E-state index is 0.181. The van der Waals surface area contributed by atoms with Gasteiger partial charge in [-0.2, -0.15) is 10.1 Å².